The van der Waals surface area contributed by atoms with E-state index >= 15 is 0 Å². The smallest absolute Gasteiger partial charge is 0.406 e. The summed E-state index contributed by atoms with van der Waals surface area (Å²) >= 11 is 0. The maximum atomic E-state index is 12.5. The second-order valence-corrected chi connectivity index (χ2v) is 10.4. The van der Waals surface area contributed by atoms with E-state index < -0.39 is 0 Å². The van der Waals surface area contributed by atoms with Crippen LogP contribution in [0, 0.1) is 12.8 Å². The summed E-state index contributed by atoms with van der Waals surface area (Å²) in [6.07, 6.45) is 9.30. The number of benzene rings is 1. The van der Waals surface area contributed by atoms with Crippen LogP contribution in [0.1, 0.15) is 75.4 Å². The van der Waals surface area contributed by atoms with E-state index in [2.05, 4.69) is 21.6 Å². The van der Waals surface area contributed by atoms with Gasteiger partial charge >= 0.3 is 12.1 Å². The molecule has 1 amide bonds. The molecule has 1 aliphatic carbocycles. The SMILES string of the molecule is CCC[C@H](C)OC(=O)Cc1ccc(-c2nc(C3CCC(CNC(=O)OC)CC3)n3ccnc(C)c23)cc1OC. The van der Waals surface area contributed by atoms with Gasteiger partial charge in [-0.15, -0.1) is 0 Å². The summed E-state index contributed by atoms with van der Waals surface area (Å²) < 4.78 is 18.1. The first kappa shape index (κ1) is 28.4. The van der Waals surface area contributed by atoms with Gasteiger partial charge < -0.3 is 19.5 Å². The van der Waals surface area contributed by atoms with Gasteiger partial charge in [-0.2, -0.15) is 0 Å². The lowest BCUT2D eigenvalue weighted by atomic mass is 9.81. The minimum atomic E-state index is -0.381. The first-order valence-electron chi connectivity index (χ1n) is 13.9. The Morgan fingerprint density at radius 2 is 1.95 bits per heavy atom. The summed E-state index contributed by atoms with van der Waals surface area (Å²) in [5, 5.41) is 2.83. The molecule has 0 saturated heterocycles. The summed E-state index contributed by atoms with van der Waals surface area (Å²) in [4.78, 5) is 33.7. The van der Waals surface area contributed by atoms with E-state index in [0.717, 1.165) is 72.4 Å². The lowest BCUT2D eigenvalue weighted by Crippen LogP contribution is -2.31. The third kappa shape index (κ3) is 6.69. The summed E-state index contributed by atoms with van der Waals surface area (Å²) in [6.45, 7) is 6.63. The molecule has 9 nitrogen and oxygen atoms in total. The van der Waals surface area contributed by atoms with Crippen LogP contribution in [0.15, 0.2) is 30.6 Å². The number of esters is 1. The van der Waals surface area contributed by atoms with Gasteiger partial charge in [-0.1, -0.05) is 25.5 Å². The molecule has 0 spiro atoms. The number of methoxy groups -OCH3 is 2. The van der Waals surface area contributed by atoms with Crippen LogP contribution in [0.25, 0.3) is 16.8 Å². The molecule has 39 heavy (non-hydrogen) atoms. The van der Waals surface area contributed by atoms with Crippen molar-refractivity contribution in [3.8, 4) is 17.0 Å². The quantitative estimate of drug-likeness (QED) is 0.336. The number of ether oxygens (including phenoxy) is 3. The van der Waals surface area contributed by atoms with Crippen LogP contribution in [0.3, 0.4) is 0 Å². The number of amides is 1. The molecule has 1 atom stereocenters. The van der Waals surface area contributed by atoms with E-state index in [9.17, 15) is 9.59 Å². The van der Waals surface area contributed by atoms with Crippen molar-refractivity contribution in [1.82, 2.24) is 19.7 Å². The highest BCUT2D eigenvalue weighted by molar-refractivity contribution is 5.81. The van der Waals surface area contributed by atoms with E-state index in [1.807, 2.05) is 44.4 Å². The highest BCUT2D eigenvalue weighted by Gasteiger charge is 2.28. The first-order chi connectivity index (χ1) is 18.8. The fraction of sp³-hybridized carbons (Fsp3) is 0.533. The highest BCUT2D eigenvalue weighted by Crippen LogP contribution is 2.39. The van der Waals surface area contributed by atoms with E-state index in [1.54, 1.807) is 7.11 Å². The Morgan fingerprint density at radius 3 is 2.64 bits per heavy atom. The molecular formula is C30H40N4O5. The van der Waals surface area contributed by atoms with Crippen LogP contribution in [-0.2, 0) is 20.7 Å². The molecule has 4 rings (SSSR count). The molecule has 0 aliphatic heterocycles. The number of carbonyl (C=O) groups excluding carboxylic acids is 2. The summed E-state index contributed by atoms with van der Waals surface area (Å²) in [5.41, 5.74) is 4.43. The zero-order valence-corrected chi connectivity index (χ0v) is 23.7. The van der Waals surface area contributed by atoms with Gasteiger partial charge in [0.25, 0.3) is 0 Å². The lowest BCUT2D eigenvalue weighted by Gasteiger charge is -2.27. The molecule has 1 aromatic carbocycles. The molecule has 9 heteroatoms. The maximum Gasteiger partial charge on any atom is 0.406 e. The normalized spacial score (nSPS) is 18.0. The summed E-state index contributed by atoms with van der Waals surface area (Å²) in [7, 11) is 3.00. The fourth-order valence-corrected chi connectivity index (χ4v) is 5.56. The van der Waals surface area contributed by atoms with E-state index in [4.69, 9.17) is 19.2 Å². The standard InChI is InChI=1S/C30H40N4O5/c1-6-7-19(2)39-26(35)17-23-12-13-24(16-25(23)37-4)27-28-20(3)31-14-15-34(28)29(33-27)22-10-8-21(9-11-22)18-32-30(36)38-5/h12-16,19,21-22H,6-11,17-18H2,1-5H3,(H,32,36)/t19-,21?,22?/m0/s1. The number of alkyl carbamates (subject to hydrolysis) is 1. The molecule has 0 radical (unpaired) electrons. The minimum absolute atomic E-state index is 0.0993. The molecule has 1 aliphatic rings. The molecule has 3 aromatic rings. The van der Waals surface area contributed by atoms with Gasteiger partial charge in [-0.25, -0.2) is 9.78 Å². The van der Waals surface area contributed by atoms with Gasteiger partial charge in [-0.05, 0) is 57.9 Å². The van der Waals surface area contributed by atoms with Crippen LogP contribution in [0.2, 0.25) is 0 Å². The summed E-state index contributed by atoms with van der Waals surface area (Å²) in [5.74, 6) is 2.15. The highest BCUT2D eigenvalue weighted by atomic mass is 16.5. The average Bonchev–Trinajstić information content (AvgIpc) is 3.33. The number of carbonyl (C=O) groups is 2. The van der Waals surface area contributed by atoms with Crippen molar-refractivity contribution in [2.45, 2.75) is 77.7 Å². The van der Waals surface area contributed by atoms with Gasteiger partial charge in [0.2, 0.25) is 0 Å². The van der Waals surface area contributed by atoms with Crippen molar-refractivity contribution in [2.75, 3.05) is 20.8 Å². The van der Waals surface area contributed by atoms with Crippen molar-refractivity contribution in [3.63, 3.8) is 0 Å². The number of nitrogens with one attached hydrogen (secondary N) is 1. The Morgan fingerprint density at radius 1 is 1.18 bits per heavy atom. The van der Waals surface area contributed by atoms with Crippen molar-refractivity contribution >= 4 is 17.6 Å². The van der Waals surface area contributed by atoms with Gasteiger partial charge in [0, 0.05) is 36.0 Å². The topological polar surface area (TPSA) is 104 Å². The predicted octanol–water partition coefficient (Wildman–Crippen LogP) is 5.62. The van der Waals surface area contributed by atoms with Crippen molar-refractivity contribution in [1.29, 1.82) is 0 Å². The predicted molar refractivity (Wildman–Crippen MR) is 149 cm³/mol. The van der Waals surface area contributed by atoms with Gasteiger partial charge in [-0.3, -0.25) is 14.2 Å². The van der Waals surface area contributed by atoms with E-state index in [-0.39, 0.29) is 24.6 Å². The molecule has 0 bridgehead atoms. The number of rotatable bonds is 10. The Kier molecular flexibility index (Phi) is 9.43. The Labute approximate surface area is 230 Å². The van der Waals surface area contributed by atoms with Gasteiger partial charge in [0.15, 0.2) is 0 Å². The zero-order valence-electron chi connectivity index (χ0n) is 23.7. The number of hydrogen-bond donors (Lipinski definition) is 1. The minimum Gasteiger partial charge on any atom is -0.496 e. The number of aryl methyl sites for hydroxylation is 1. The van der Waals surface area contributed by atoms with Gasteiger partial charge in [0.05, 0.1) is 43.6 Å². The van der Waals surface area contributed by atoms with Crippen LogP contribution in [0.5, 0.6) is 5.75 Å². The van der Waals surface area contributed by atoms with Crippen LogP contribution in [0.4, 0.5) is 4.79 Å². The Hall–Kier alpha value is -3.62. The average molecular weight is 537 g/mol. The number of hydrogen-bond acceptors (Lipinski definition) is 7. The Balaban J connectivity index is 1.57. The number of imidazole rings is 1. The molecule has 2 heterocycles. The number of nitrogens with zero attached hydrogens (tertiary/aromatic N) is 3. The largest absolute Gasteiger partial charge is 0.496 e. The molecule has 2 aromatic heterocycles. The molecule has 1 fully saturated rings. The molecular weight excluding hydrogens is 496 g/mol. The summed E-state index contributed by atoms with van der Waals surface area (Å²) in [6, 6.07) is 5.87. The molecule has 0 unspecified atom stereocenters. The third-order valence-corrected chi connectivity index (χ3v) is 7.62. The van der Waals surface area contributed by atoms with Crippen LogP contribution < -0.4 is 10.1 Å². The third-order valence-electron chi connectivity index (χ3n) is 7.62. The fourth-order valence-electron chi connectivity index (χ4n) is 5.56. The molecule has 210 valence electrons. The monoisotopic (exact) mass is 536 g/mol. The molecule has 1 N–H and O–H groups in total. The van der Waals surface area contributed by atoms with Crippen LogP contribution in [-0.4, -0.2) is 53.3 Å². The first-order valence-corrected chi connectivity index (χ1v) is 13.9. The number of fused-ring (bicyclic) bond motifs is 1. The Bertz CT molecular complexity index is 1300. The van der Waals surface area contributed by atoms with E-state index in [0.29, 0.717) is 24.1 Å². The molecule has 1 saturated carbocycles. The second kappa shape index (κ2) is 13.0. The second-order valence-electron chi connectivity index (χ2n) is 10.4. The van der Waals surface area contributed by atoms with Gasteiger partial charge in [0.1, 0.15) is 11.6 Å². The zero-order chi connectivity index (χ0) is 27.9. The number of aromatic nitrogens is 3. The van der Waals surface area contributed by atoms with Crippen molar-refractivity contribution in [3.05, 3.63) is 47.7 Å². The van der Waals surface area contributed by atoms with Crippen molar-refractivity contribution in [2.24, 2.45) is 5.92 Å². The van der Waals surface area contributed by atoms with Crippen LogP contribution >= 0.6 is 0 Å². The van der Waals surface area contributed by atoms with Crippen molar-refractivity contribution < 1.29 is 23.8 Å². The van der Waals surface area contributed by atoms with E-state index in [1.165, 1.54) is 7.11 Å². The maximum absolute atomic E-state index is 12.5. The lowest BCUT2D eigenvalue weighted by molar-refractivity contribution is -0.147.